The molecule has 0 fully saturated rings. The minimum atomic E-state index is -0.134. The van der Waals surface area contributed by atoms with Crippen LogP contribution in [0.3, 0.4) is 0 Å². The first-order valence-electron chi connectivity index (χ1n) is 8.90. The molecular weight excluding hydrogens is 368 g/mol. The van der Waals surface area contributed by atoms with Crippen molar-refractivity contribution in [1.82, 2.24) is 0 Å². The fourth-order valence-corrected chi connectivity index (χ4v) is 3.09. The topological polar surface area (TPSA) is 48.2 Å². The molecule has 1 aromatic heterocycles. The number of nitrogens with zero attached hydrogens (tertiary/aromatic N) is 1. The number of anilines is 1. The first-order valence-corrected chi connectivity index (χ1v) is 9.31. The van der Waals surface area contributed by atoms with Gasteiger partial charge in [0.1, 0.15) is 5.75 Å². The van der Waals surface area contributed by atoms with E-state index < -0.39 is 0 Å². The Morgan fingerprint density at radius 3 is 2.25 bits per heavy atom. The molecule has 5 heteroatoms. The van der Waals surface area contributed by atoms with Crippen molar-refractivity contribution >= 4 is 34.3 Å². The molecule has 4 nitrogen and oxygen atoms in total. The SMILES string of the molecule is COc1ccc(NC(=S)/C(=C(\[O-])c2ccc(C)c(C)c2)[n+]2ccccc2)cc1. The Bertz CT molecular complexity index is 1010. The summed E-state index contributed by atoms with van der Waals surface area (Å²) in [5.74, 6) is 0.620. The minimum Gasteiger partial charge on any atom is -0.867 e. The average molecular weight is 391 g/mol. The van der Waals surface area contributed by atoms with Crippen LogP contribution in [0.2, 0.25) is 0 Å². The van der Waals surface area contributed by atoms with Crippen LogP contribution in [0.1, 0.15) is 16.7 Å². The summed E-state index contributed by atoms with van der Waals surface area (Å²) in [4.78, 5) is 0.351. The van der Waals surface area contributed by atoms with Gasteiger partial charge in [0.25, 0.3) is 0 Å². The molecule has 3 aromatic rings. The summed E-state index contributed by atoms with van der Waals surface area (Å²) < 4.78 is 6.93. The van der Waals surface area contributed by atoms with Crippen LogP contribution in [0.4, 0.5) is 5.69 Å². The molecule has 1 N–H and O–H groups in total. The van der Waals surface area contributed by atoms with Crippen LogP contribution in [-0.4, -0.2) is 12.1 Å². The molecule has 2 aromatic carbocycles. The fraction of sp³-hybridized carbons (Fsp3) is 0.130. The number of ether oxygens (including phenoxy) is 1. The molecule has 0 aliphatic carbocycles. The number of thiocarbonyl (C=S) groups is 1. The minimum absolute atomic E-state index is 0.134. The Kier molecular flexibility index (Phi) is 6.06. The van der Waals surface area contributed by atoms with Gasteiger partial charge >= 0.3 is 0 Å². The zero-order valence-corrected chi connectivity index (χ0v) is 16.9. The summed E-state index contributed by atoms with van der Waals surface area (Å²) in [5, 5.41) is 16.5. The second-order valence-corrected chi connectivity index (χ2v) is 6.85. The van der Waals surface area contributed by atoms with Crippen molar-refractivity contribution in [2.45, 2.75) is 13.8 Å². The van der Waals surface area contributed by atoms with Gasteiger partial charge in [-0.2, -0.15) is 4.57 Å². The smallest absolute Gasteiger partial charge is 0.238 e. The molecule has 0 aliphatic heterocycles. The van der Waals surface area contributed by atoms with Crippen LogP contribution in [-0.2, 0) is 0 Å². The number of rotatable bonds is 5. The van der Waals surface area contributed by atoms with Crippen LogP contribution >= 0.6 is 12.2 Å². The van der Waals surface area contributed by atoms with Gasteiger partial charge in [0, 0.05) is 17.8 Å². The Balaban J connectivity index is 2.03. The van der Waals surface area contributed by atoms with Crippen molar-refractivity contribution in [3.8, 4) is 5.75 Å². The Hall–Kier alpha value is -3.18. The number of nitrogens with one attached hydrogen (secondary N) is 1. The van der Waals surface area contributed by atoms with Gasteiger partial charge in [-0.1, -0.05) is 36.5 Å². The van der Waals surface area contributed by atoms with Crippen molar-refractivity contribution in [1.29, 1.82) is 0 Å². The van der Waals surface area contributed by atoms with E-state index in [4.69, 9.17) is 17.0 Å². The monoisotopic (exact) mass is 390 g/mol. The lowest BCUT2D eigenvalue weighted by Crippen LogP contribution is -2.39. The molecule has 3 rings (SSSR count). The summed E-state index contributed by atoms with van der Waals surface area (Å²) in [7, 11) is 1.62. The van der Waals surface area contributed by atoms with Gasteiger partial charge in [-0.3, -0.25) is 0 Å². The molecule has 142 valence electrons. The highest BCUT2D eigenvalue weighted by molar-refractivity contribution is 7.81. The normalized spacial score (nSPS) is 11.5. The van der Waals surface area contributed by atoms with Crippen molar-refractivity contribution in [2.24, 2.45) is 0 Å². The second kappa shape index (κ2) is 8.67. The average Bonchev–Trinajstić information content (AvgIpc) is 2.71. The largest absolute Gasteiger partial charge is 0.867 e. The van der Waals surface area contributed by atoms with Crippen LogP contribution in [0, 0.1) is 13.8 Å². The first-order chi connectivity index (χ1) is 13.5. The quantitative estimate of drug-likeness (QED) is 0.312. The van der Waals surface area contributed by atoms with E-state index in [-0.39, 0.29) is 5.76 Å². The van der Waals surface area contributed by atoms with E-state index in [1.807, 2.05) is 86.9 Å². The summed E-state index contributed by atoms with van der Waals surface area (Å²) in [6.07, 6.45) is 3.63. The van der Waals surface area contributed by atoms with Gasteiger partial charge < -0.3 is 15.2 Å². The fourth-order valence-electron chi connectivity index (χ4n) is 2.77. The maximum atomic E-state index is 13.3. The van der Waals surface area contributed by atoms with Gasteiger partial charge in [-0.05, 0) is 60.6 Å². The van der Waals surface area contributed by atoms with E-state index in [0.717, 1.165) is 22.6 Å². The summed E-state index contributed by atoms with van der Waals surface area (Å²) in [5.41, 5.74) is 4.00. The lowest BCUT2D eigenvalue weighted by atomic mass is 10.0. The standard InChI is InChI=1S/C23H22N2O2S/c1-16-7-8-18(15-17(16)2)22(26)21(25-13-5-4-6-14-25)23(28)24-19-9-11-20(27-3)12-10-19/h4-15H,1-3H3,(H-,24,26,28). The van der Waals surface area contributed by atoms with Crippen LogP contribution < -0.4 is 19.7 Å². The molecular formula is C23H22N2O2S. The summed E-state index contributed by atoms with van der Waals surface area (Å²) in [6.45, 7) is 4.02. The molecule has 0 unspecified atom stereocenters. The van der Waals surface area contributed by atoms with Gasteiger partial charge in [-0.15, -0.1) is 0 Å². The van der Waals surface area contributed by atoms with E-state index in [1.165, 1.54) is 0 Å². The third-order valence-corrected chi connectivity index (χ3v) is 4.82. The Morgan fingerprint density at radius 1 is 0.964 bits per heavy atom. The highest BCUT2D eigenvalue weighted by atomic mass is 32.1. The van der Waals surface area contributed by atoms with E-state index in [9.17, 15) is 5.11 Å². The first kappa shape index (κ1) is 19.6. The van der Waals surface area contributed by atoms with E-state index in [1.54, 1.807) is 11.7 Å². The predicted molar refractivity (Wildman–Crippen MR) is 115 cm³/mol. The maximum Gasteiger partial charge on any atom is 0.238 e. The van der Waals surface area contributed by atoms with E-state index >= 15 is 0 Å². The van der Waals surface area contributed by atoms with Gasteiger partial charge in [0.2, 0.25) is 5.70 Å². The predicted octanol–water partition coefficient (Wildman–Crippen LogP) is 3.73. The number of hydrogen-bond acceptors (Lipinski definition) is 3. The highest BCUT2D eigenvalue weighted by Gasteiger charge is 2.18. The van der Waals surface area contributed by atoms with Crippen molar-refractivity contribution in [3.05, 3.63) is 89.7 Å². The third kappa shape index (κ3) is 4.38. The Morgan fingerprint density at radius 2 is 1.64 bits per heavy atom. The van der Waals surface area contributed by atoms with E-state index in [2.05, 4.69) is 5.32 Å². The van der Waals surface area contributed by atoms with Crippen molar-refractivity contribution in [2.75, 3.05) is 12.4 Å². The third-order valence-electron chi connectivity index (χ3n) is 4.52. The highest BCUT2D eigenvalue weighted by Crippen LogP contribution is 2.20. The van der Waals surface area contributed by atoms with Crippen LogP contribution in [0.5, 0.6) is 5.75 Å². The molecule has 0 radical (unpaired) electrons. The zero-order valence-electron chi connectivity index (χ0n) is 16.1. The maximum absolute atomic E-state index is 13.3. The van der Waals surface area contributed by atoms with Gasteiger partial charge in [0.15, 0.2) is 17.4 Å². The second-order valence-electron chi connectivity index (χ2n) is 6.44. The molecule has 0 spiro atoms. The number of hydrogen-bond donors (Lipinski definition) is 1. The summed E-state index contributed by atoms with van der Waals surface area (Å²) in [6, 6.07) is 18.7. The van der Waals surface area contributed by atoms with Crippen molar-refractivity contribution < 1.29 is 14.4 Å². The molecule has 28 heavy (non-hydrogen) atoms. The molecule has 0 bridgehead atoms. The van der Waals surface area contributed by atoms with E-state index in [0.29, 0.717) is 16.2 Å². The van der Waals surface area contributed by atoms with Crippen LogP contribution in [0.25, 0.3) is 11.5 Å². The number of benzene rings is 2. The molecule has 0 saturated heterocycles. The summed E-state index contributed by atoms with van der Waals surface area (Å²) >= 11 is 5.61. The molecule has 0 amide bonds. The Labute approximate surface area is 170 Å². The molecule has 1 heterocycles. The lowest BCUT2D eigenvalue weighted by Gasteiger charge is -2.18. The zero-order chi connectivity index (χ0) is 20.1. The number of aryl methyl sites for hydroxylation is 2. The molecule has 0 saturated carbocycles. The van der Waals surface area contributed by atoms with Gasteiger partial charge in [0.05, 0.1) is 7.11 Å². The number of aromatic nitrogens is 1. The van der Waals surface area contributed by atoms with Gasteiger partial charge in [-0.25, -0.2) is 0 Å². The molecule has 0 atom stereocenters. The van der Waals surface area contributed by atoms with Crippen LogP contribution in [0.15, 0.2) is 73.1 Å². The molecule has 0 aliphatic rings. The number of methoxy groups -OCH3 is 1. The number of pyridine rings is 1. The lowest BCUT2D eigenvalue weighted by molar-refractivity contribution is -0.577. The van der Waals surface area contributed by atoms with Crippen molar-refractivity contribution in [3.63, 3.8) is 0 Å².